The highest BCUT2D eigenvalue weighted by Crippen LogP contribution is 2.56. The third-order valence-electron chi connectivity index (χ3n) is 8.77. The Morgan fingerprint density at radius 1 is 0.744 bits per heavy atom. The van der Waals surface area contributed by atoms with Gasteiger partial charge in [0.05, 0.1) is 5.69 Å². The Bertz CT molecular complexity index is 1710. The maximum absolute atomic E-state index is 6.84. The molecule has 0 N–H and O–H groups in total. The molecule has 2 nitrogen and oxygen atoms in total. The van der Waals surface area contributed by atoms with Gasteiger partial charge in [0.25, 0.3) is 0 Å². The van der Waals surface area contributed by atoms with Crippen molar-refractivity contribution >= 4 is 21.9 Å². The first-order valence-corrected chi connectivity index (χ1v) is 14.7. The third kappa shape index (κ3) is 4.03. The zero-order valence-corrected chi connectivity index (χ0v) is 24.8. The SMILES string of the molecule is Cc1cnc(-c2c(C)ccc3c2oc2cc4c(cc23)-c2ccccc2C4(CC(C)C)CC(C)C)cc1C(C)C. The second kappa shape index (κ2) is 9.37. The van der Waals surface area contributed by atoms with Crippen LogP contribution >= 0.6 is 0 Å². The minimum Gasteiger partial charge on any atom is -0.455 e. The zero-order valence-electron chi connectivity index (χ0n) is 24.8. The first-order valence-electron chi connectivity index (χ1n) is 14.7. The van der Waals surface area contributed by atoms with Gasteiger partial charge in [-0.05, 0) is 102 Å². The van der Waals surface area contributed by atoms with Crippen LogP contribution in [0.4, 0.5) is 0 Å². The Kier molecular flexibility index (Phi) is 6.21. The molecule has 0 amide bonds. The molecule has 0 radical (unpaired) electrons. The van der Waals surface area contributed by atoms with Crippen molar-refractivity contribution < 1.29 is 4.42 Å². The fourth-order valence-corrected chi connectivity index (χ4v) is 7.42. The summed E-state index contributed by atoms with van der Waals surface area (Å²) in [6.07, 6.45) is 4.29. The van der Waals surface area contributed by atoms with E-state index in [0.717, 1.165) is 35.3 Å². The average Bonchev–Trinajstić information content (AvgIpc) is 3.35. The van der Waals surface area contributed by atoms with E-state index in [-0.39, 0.29) is 5.41 Å². The van der Waals surface area contributed by atoms with Crippen molar-refractivity contribution in [2.24, 2.45) is 11.8 Å². The lowest BCUT2D eigenvalue weighted by Gasteiger charge is -2.35. The molecule has 5 aromatic rings. The molecule has 1 aliphatic rings. The van der Waals surface area contributed by atoms with Crippen molar-refractivity contribution in [1.29, 1.82) is 0 Å². The van der Waals surface area contributed by atoms with Crippen molar-refractivity contribution in [3.63, 3.8) is 0 Å². The summed E-state index contributed by atoms with van der Waals surface area (Å²) in [6, 6.07) is 20.6. The van der Waals surface area contributed by atoms with Gasteiger partial charge in [0.1, 0.15) is 11.2 Å². The summed E-state index contributed by atoms with van der Waals surface area (Å²) in [4.78, 5) is 4.89. The van der Waals surface area contributed by atoms with E-state index < -0.39 is 0 Å². The van der Waals surface area contributed by atoms with Gasteiger partial charge in [0.15, 0.2) is 0 Å². The molecule has 0 fully saturated rings. The number of furan rings is 1. The van der Waals surface area contributed by atoms with Crippen LogP contribution in [0.5, 0.6) is 0 Å². The van der Waals surface area contributed by atoms with Gasteiger partial charge in [0, 0.05) is 27.9 Å². The van der Waals surface area contributed by atoms with Crippen LogP contribution in [0.25, 0.3) is 44.3 Å². The van der Waals surface area contributed by atoms with Crippen molar-refractivity contribution in [3.05, 3.63) is 88.6 Å². The van der Waals surface area contributed by atoms with E-state index in [4.69, 9.17) is 9.40 Å². The molecule has 2 aromatic heterocycles. The van der Waals surface area contributed by atoms with Gasteiger partial charge in [-0.25, -0.2) is 0 Å². The predicted molar refractivity (Wildman–Crippen MR) is 166 cm³/mol. The van der Waals surface area contributed by atoms with Crippen molar-refractivity contribution in [2.45, 2.75) is 79.6 Å². The van der Waals surface area contributed by atoms with Gasteiger partial charge in [-0.3, -0.25) is 4.98 Å². The van der Waals surface area contributed by atoms with E-state index in [9.17, 15) is 0 Å². The Balaban J connectivity index is 1.65. The Morgan fingerprint density at radius 3 is 2.15 bits per heavy atom. The Morgan fingerprint density at radius 2 is 1.46 bits per heavy atom. The second-order valence-corrected chi connectivity index (χ2v) is 13.0. The first kappa shape index (κ1) is 25.9. The molecule has 0 atom stereocenters. The molecular weight excluding hydrogens is 474 g/mol. The predicted octanol–water partition coefficient (Wildman–Crippen LogP) is 10.7. The third-order valence-corrected chi connectivity index (χ3v) is 8.77. The number of nitrogens with zero attached hydrogens (tertiary/aromatic N) is 1. The molecule has 39 heavy (non-hydrogen) atoms. The fraction of sp³-hybridized carbons (Fsp3) is 0.378. The molecule has 0 bridgehead atoms. The summed E-state index contributed by atoms with van der Waals surface area (Å²) in [5.74, 6) is 1.62. The van der Waals surface area contributed by atoms with E-state index in [1.807, 2.05) is 6.20 Å². The number of aryl methyl sites for hydroxylation is 2. The van der Waals surface area contributed by atoms with Crippen LogP contribution in [0.1, 0.15) is 88.1 Å². The van der Waals surface area contributed by atoms with Crippen LogP contribution in [0, 0.1) is 25.7 Å². The van der Waals surface area contributed by atoms with E-state index in [1.165, 1.54) is 49.7 Å². The summed E-state index contributed by atoms with van der Waals surface area (Å²) >= 11 is 0. The van der Waals surface area contributed by atoms with Crippen molar-refractivity contribution in [3.8, 4) is 22.4 Å². The summed E-state index contributed by atoms with van der Waals surface area (Å²) in [5.41, 5.74) is 13.5. The lowest BCUT2D eigenvalue weighted by Crippen LogP contribution is -2.29. The smallest absolute Gasteiger partial charge is 0.145 e. The molecule has 0 unspecified atom stereocenters. The van der Waals surface area contributed by atoms with Gasteiger partial charge in [-0.1, -0.05) is 77.9 Å². The molecule has 0 aliphatic heterocycles. The van der Waals surface area contributed by atoms with Crippen LogP contribution in [0.3, 0.4) is 0 Å². The average molecular weight is 516 g/mol. The topological polar surface area (TPSA) is 26.0 Å². The molecule has 0 saturated heterocycles. The molecule has 3 aromatic carbocycles. The number of pyridine rings is 1. The van der Waals surface area contributed by atoms with E-state index >= 15 is 0 Å². The molecule has 1 aliphatic carbocycles. The first-order chi connectivity index (χ1) is 18.6. The minimum absolute atomic E-state index is 0.00481. The van der Waals surface area contributed by atoms with Gasteiger partial charge in [-0.2, -0.15) is 0 Å². The van der Waals surface area contributed by atoms with Gasteiger partial charge >= 0.3 is 0 Å². The molecule has 0 saturated carbocycles. The van der Waals surface area contributed by atoms with Crippen LogP contribution in [0.2, 0.25) is 0 Å². The highest BCUT2D eigenvalue weighted by molar-refractivity contribution is 6.12. The number of fused-ring (bicyclic) bond motifs is 6. The van der Waals surface area contributed by atoms with Crippen molar-refractivity contribution in [1.82, 2.24) is 4.98 Å². The summed E-state index contributed by atoms with van der Waals surface area (Å²) in [5, 5.41) is 2.37. The molecule has 2 heterocycles. The van der Waals surface area contributed by atoms with E-state index in [1.54, 1.807) is 0 Å². The minimum atomic E-state index is 0.00481. The van der Waals surface area contributed by atoms with E-state index in [2.05, 4.69) is 110 Å². The summed E-state index contributed by atoms with van der Waals surface area (Å²) in [7, 11) is 0. The van der Waals surface area contributed by atoms with E-state index in [0.29, 0.717) is 17.8 Å². The van der Waals surface area contributed by atoms with Crippen LogP contribution in [-0.4, -0.2) is 4.98 Å². The lowest BCUT2D eigenvalue weighted by atomic mass is 9.68. The highest BCUT2D eigenvalue weighted by Gasteiger charge is 2.44. The molecule has 2 heteroatoms. The standard InChI is InChI=1S/C37H41NO/c1-21(2)18-37(19-22(3)4)31-12-10-9-11-26(31)29-15-30-27-14-13-24(7)35(36(27)39-34(30)17-32(29)37)33-16-28(23(5)6)25(8)20-38-33/h9-17,20-23H,18-19H2,1-8H3. The molecule has 200 valence electrons. The summed E-state index contributed by atoms with van der Waals surface area (Å²) < 4.78 is 6.84. The second-order valence-electron chi connectivity index (χ2n) is 13.0. The number of benzene rings is 3. The quantitative estimate of drug-likeness (QED) is 0.225. The summed E-state index contributed by atoms with van der Waals surface area (Å²) in [6.45, 7) is 18.3. The number of aromatic nitrogens is 1. The maximum Gasteiger partial charge on any atom is 0.145 e. The lowest BCUT2D eigenvalue weighted by molar-refractivity contribution is 0.337. The molecule has 6 rings (SSSR count). The number of hydrogen-bond donors (Lipinski definition) is 0. The van der Waals surface area contributed by atoms with Crippen LogP contribution in [0.15, 0.2) is 65.2 Å². The Hall–Kier alpha value is -3.39. The molecule has 0 spiro atoms. The Labute approximate surface area is 233 Å². The number of hydrogen-bond acceptors (Lipinski definition) is 2. The van der Waals surface area contributed by atoms with Gasteiger partial charge in [0.2, 0.25) is 0 Å². The maximum atomic E-state index is 6.84. The normalized spacial score (nSPS) is 14.2. The van der Waals surface area contributed by atoms with Crippen molar-refractivity contribution in [2.75, 3.05) is 0 Å². The number of rotatable bonds is 6. The van der Waals surface area contributed by atoms with Gasteiger partial charge < -0.3 is 4.42 Å². The van der Waals surface area contributed by atoms with Crippen LogP contribution < -0.4 is 0 Å². The van der Waals surface area contributed by atoms with Gasteiger partial charge in [-0.15, -0.1) is 0 Å². The fourth-order valence-electron chi connectivity index (χ4n) is 7.42. The van der Waals surface area contributed by atoms with Crippen LogP contribution in [-0.2, 0) is 5.41 Å². The monoisotopic (exact) mass is 515 g/mol. The zero-order chi connectivity index (χ0) is 27.6. The largest absolute Gasteiger partial charge is 0.455 e. The highest BCUT2D eigenvalue weighted by atomic mass is 16.3. The molecular formula is C37H41NO.